The summed E-state index contributed by atoms with van der Waals surface area (Å²) in [4.78, 5) is 10.1. The van der Waals surface area contributed by atoms with Gasteiger partial charge >= 0.3 is 0 Å². The van der Waals surface area contributed by atoms with Crippen molar-refractivity contribution in [2.45, 2.75) is 12.6 Å². The third-order valence-electron chi connectivity index (χ3n) is 3.10. The van der Waals surface area contributed by atoms with Crippen LogP contribution in [-0.4, -0.2) is 16.6 Å². The zero-order valence-electron chi connectivity index (χ0n) is 11.0. The predicted octanol–water partition coefficient (Wildman–Crippen LogP) is 1.39. The maximum Gasteiger partial charge on any atom is 0.269 e. The van der Waals surface area contributed by atoms with Gasteiger partial charge in [-0.2, -0.15) is 0 Å². The molecule has 20 heavy (non-hydrogen) atoms. The predicted molar refractivity (Wildman–Crippen MR) is 75.0 cm³/mol. The Morgan fingerprint density at radius 1 is 1.10 bits per heavy atom. The molecule has 5 heteroatoms. The highest BCUT2D eigenvalue weighted by Crippen LogP contribution is 2.16. The van der Waals surface area contributed by atoms with E-state index >= 15 is 0 Å². The number of rotatable bonds is 6. The lowest BCUT2D eigenvalue weighted by molar-refractivity contribution is -0.677. The van der Waals surface area contributed by atoms with Gasteiger partial charge in [-0.25, -0.2) is 0 Å². The zero-order valence-corrected chi connectivity index (χ0v) is 11.0. The average molecular weight is 273 g/mol. The van der Waals surface area contributed by atoms with Crippen LogP contribution >= 0.6 is 0 Å². The van der Waals surface area contributed by atoms with Gasteiger partial charge in [0, 0.05) is 17.7 Å². The molecule has 5 nitrogen and oxygen atoms in total. The Kier molecular flexibility index (Phi) is 4.81. The minimum absolute atomic E-state index is 0.0363. The minimum atomic E-state index is -0.625. The Morgan fingerprint density at radius 3 is 2.35 bits per heavy atom. The van der Waals surface area contributed by atoms with Gasteiger partial charge in [0.05, 0.1) is 4.92 Å². The molecule has 2 aromatic rings. The fourth-order valence-electron chi connectivity index (χ4n) is 1.98. The molecule has 2 rings (SSSR count). The maximum atomic E-state index is 10.5. The number of aliphatic hydroxyl groups excluding tert-OH is 1. The Labute approximate surface area is 117 Å². The number of nitro benzene ring substituents is 1. The molecule has 0 heterocycles. The summed E-state index contributed by atoms with van der Waals surface area (Å²) >= 11 is 0. The lowest BCUT2D eigenvalue weighted by Gasteiger charge is -2.09. The monoisotopic (exact) mass is 273 g/mol. The van der Waals surface area contributed by atoms with Gasteiger partial charge in [0.2, 0.25) is 0 Å². The molecule has 1 atom stereocenters. The third kappa shape index (κ3) is 3.88. The molecular weight excluding hydrogens is 256 g/mol. The van der Waals surface area contributed by atoms with Crippen LogP contribution in [0, 0.1) is 10.1 Å². The fraction of sp³-hybridized carbons (Fsp3) is 0.200. The van der Waals surface area contributed by atoms with E-state index in [1.54, 1.807) is 12.1 Å². The van der Waals surface area contributed by atoms with Crippen LogP contribution in [0.5, 0.6) is 0 Å². The number of non-ortho nitro benzene ring substituents is 1. The highest BCUT2D eigenvalue weighted by atomic mass is 16.6. The van der Waals surface area contributed by atoms with Gasteiger partial charge in [-0.1, -0.05) is 30.3 Å². The van der Waals surface area contributed by atoms with Crippen molar-refractivity contribution >= 4 is 5.69 Å². The molecule has 2 aromatic carbocycles. The first-order valence-electron chi connectivity index (χ1n) is 6.45. The highest BCUT2D eigenvalue weighted by molar-refractivity contribution is 5.33. The second kappa shape index (κ2) is 6.79. The smallest absolute Gasteiger partial charge is 0.269 e. The van der Waals surface area contributed by atoms with Crippen LogP contribution in [0.15, 0.2) is 54.6 Å². The van der Waals surface area contributed by atoms with Gasteiger partial charge in [0.25, 0.3) is 5.69 Å². The quantitative estimate of drug-likeness (QED) is 0.616. The Balaban J connectivity index is 1.85. The van der Waals surface area contributed by atoms with E-state index < -0.39 is 11.0 Å². The van der Waals surface area contributed by atoms with E-state index in [1.807, 2.05) is 35.6 Å². The van der Waals surface area contributed by atoms with E-state index in [2.05, 4.69) is 0 Å². The fourth-order valence-corrected chi connectivity index (χ4v) is 1.98. The van der Waals surface area contributed by atoms with E-state index in [9.17, 15) is 15.2 Å². The molecule has 0 bridgehead atoms. The third-order valence-corrected chi connectivity index (χ3v) is 3.10. The van der Waals surface area contributed by atoms with Crippen molar-refractivity contribution in [2.24, 2.45) is 0 Å². The van der Waals surface area contributed by atoms with Crippen LogP contribution in [0.1, 0.15) is 17.2 Å². The molecule has 104 valence electrons. The number of nitrogens with two attached hydrogens (primary N) is 1. The number of hydrogen-bond donors (Lipinski definition) is 2. The molecule has 0 spiro atoms. The lowest BCUT2D eigenvalue weighted by atomic mass is 10.1. The number of nitro groups is 1. The summed E-state index contributed by atoms with van der Waals surface area (Å²) in [5, 5.41) is 22.6. The van der Waals surface area contributed by atoms with E-state index in [0.29, 0.717) is 12.1 Å². The Bertz CT molecular complexity index is 555. The highest BCUT2D eigenvalue weighted by Gasteiger charge is 2.11. The van der Waals surface area contributed by atoms with Gasteiger partial charge < -0.3 is 10.4 Å². The maximum absolute atomic E-state index is 10.5. The van der Waals surface area contributed by atoms with E-state index in [4.69, 9.17) is 0 Å². The number of quaternary nitrogens is 1. The second-order valence-electron chi connectivity index (χ2n) is 4.58. The van der Waals surface area contributed by atoms with Crippen molar-refractivity contribution in [3.63, 3.8) is 0 Å². The number of benzene rings is 2. The summed E-state index contributed by atoms with van der Waals surface area (Å²) in [6.45, 7) is 1.32. The summed E-state index contributed by atoms with van der Waals surface area (Å²) < 4.78 is 0. The van der Waals surface area contributed by atoms with Gasteiger partial charge in [-0.05, 0) is 17.7 Å². The van der Waals surface area contributed by atoms with Crippen molar-refractivity contribution < 1.29 is 15.3 Å². The van der Waals surface area contributed by atoms with E-state index in [1.165, 1.54) is 17.7 Å². The number of nitrogens with zero attached hydrogens (tertiary/aromatic N) is 1. The van der Waals surface area contributed by atoms with Crippen LogP contribution in [0.2, 0.25) is 0 Å². The molecule has 0 unspecified atom stereocenters. The molecule has 0 saturated carbocycles. The molecule has 0 aliphatic heterocycles. The molecule has 0 aliphatic carbocycles. The first-order valence-corrected chi connectivity index (χ1v) is 6.45. The van der Waals surface area contributed by atoms with Gasteiger partial charge in [0.1, 0.15) is 19.2 Å². The minimum Gasteiger partial charge on any atom is -0.382 e. The first-order chi connectivity index (χ1) is 9.66. The van der Waals surface area contributed by atoms with Gasteiger partial charge in [-0.3, -0.25) is 10.1 Å². The molecule has 0 amide bonds. The van der Waals surface area contributed by atoms with Crippen LogP contribution in [0.4, 0.5) is 5.69 Å². The van der Waals surface area contributed by atoms with Crippen LogP contribution < -0.4 is 5.32 Å². The number of hydrogen-bond acceptors (Lipinski definition) is 3. The summed E-state index contributed by atoms with van der Waals surface area (Å²) in [6, 6.07) is 16.0. The Morgan fingerprint density at radius 2 is 1.75 bits per heavy atom. The molecule has 0 saturated heterocycles. The normalized spacial score (nSPS) is 12.1. The summed E-state index contributed by atoms with van der Waals surface area (Å²) in [6.07, 6.45) is -0.625. The SMILES string of the molecule is O=[N+]([O-])c1ccc([C@H](O)C[NH2+]Cc2ccccc2)cc1. The van der Waals surface area contributed by atoms with Crippen LogP contribution in [0.25, 0.3) is 0 Å². The van der Waals surface area contributed by atoms with Gasteiger partial charge in [-0.15, -0.1) is 0 Å². The molecule has 0 fully saturated rings. The molecular formula is C15H17N2O3+. The van der Waals surface area contributed by atoms with E-state index in [0.717, 1.165) is 6.54 Å². The molecule has 0 aliphatic rings. The van der Waals surface area contributed by atoms with Crippen molar-refractivity contribution in [3.05, 3.63) is 75.8 Å². The lowest BCUT2D eigenvalue weighted by Crippen LogP contribution is -2.83. The topological polar surface area (TPSA) is 80.0 Å². The summed E-state index contributed by atoms with van der Waals surface area (Å²) in [7, 11) is 0. The van der Waals surface area contributed by atoms with Crippen molar-refractivity contribution in [1.82, 2.24) is 0 Å². The number of aliphatic hydroxyl groups is 1. The molecule has 3 N–H and O–H groups in total. The first kappa shape index (κ1) is 14.2. The average Bonchev–Trinajstić information content (AvgIpc) is 2.48. The largest absolute Gasteiger partial charge is 0.382 e. The van der Waals surface area contributed by atoms with Crippen molar-refractivity contribution in [3.8, 4) is 0 Å². The second-order valence-corrected chi connectivity index (χ2v) is 4.58. The van der Waals surface area contributed by atoms with Crippen molar-refractivity contribution in [1.29, 1.82) is 0 Å². The zero-order chi connectivity index (χ0) is 14.4. The van der Waals surface area contributed by atoms with E-state index in [-0.39, 0.29) is 5.69 Å². The van der Waals surface area contributed by atoms with Crippen molar-refractivity contribution in [2.75, 3.05) is 6.54 Å². The standard InChI is InChI=1S/C15H16N2O3/c18-15(11-16-10-12-4-2-1-3-5-12)13-6-8-14(9-7-13)17(19)20/h1-9,15-16,18H,10-11H2/p+1/t15-/m1/s1. The molecule has 0 radical (unpaired) electrons. The van der Waals surface area contributed by atoms with Gasteiger partial charge in [0.15, 0.2) is 0 Å². The van der Waals surface area contributed by atoms with Crippen LogP contribution in [-0.2, 0) is 6.54 Å². The van der Waals surface area contributed by atoms with Crippen LogP contribution in [0.3, 0.4) is 0 Å². The molecule has 0 aromatic heterocycles. The Hall–Kier alpha value is -2.24. The summed E-state index contributed by atoms with van der Waals surface area (Å²) in [5.41, 5.74) is 1.93. The summed E-state index contributed by atoms with van der Waals surface area (Å²) in [5.74, 6) is 0.